The van der Waals surface area contributed by atoms with E-state index >= 15 is 0 Å². The molecule has 0 spiro atoms. The van der Waals surface area contributed by atoms with E-state index < -0.39 is 23.3 Å². The summed E-state index contributed by atoms with van der Waals surface area (Å²) in [5.41, 5.74) is 0.550. The van der Waals surface area contributed by atoms with Gasteiger partial charge in [0.2, 0.25) is 5.78 Å². The van der Waals surface area contributed by atoms with Crippen molar-refractivity contribution in [2.75, 3.05) is 38.8 Å². The molecule has 0 aromatic heterocycles. The van der Waals surface area contributed by atoms with Crippen LogP contribution in [0.1, 0.15) is 40.0 Å². The number of hydrogen-bond donors (Lipinski definition) is 0. The number of esters is 1. The fourth-order valence-electron chi connectivity index (χ4n) is 3.52. The largest absolute Gasteiger partial charge is 0.497 e. The van der Waals surface area contributed by atoms with Crippen LogP contribution in [0.2, 0.25) is 0 Å². The highest BCUT2D eigenvalue weighted by Crippen LogP contribution is 2.31. The molecule has 9 nitrogen and oxygen atoms in total. The summed E-state index contributed by atoms with van der Waals surface area (Å²) in [5, 5.41) is 11.6. The Kier molecular flexibility index (Phi) is 7.07. The van der Waals surface area contributed by atoms with E-state index in [-0.39, 0.29) is 16.8 Å². The van der Waals surface area contributed by atoms with Gasteiger partial charge < -0.3 is 19.1 Å². The number of nitrogens with zero attached hydrogens (tertiary/aromatic N) is 2. The number of ketones is 1. The minimum absolute atomic E-state index is 0.0119. The van der Waals surface area contributed by atoms with Gasteiger partial charge in [-0.05, 0) is 49.6 Å². The Bertz CT molecular complexity index is 984. The Morgan fingerprint density at radius 3 is 2.42 bits per heavy atom. The van der Waals surface area contributed by atoms with E-state index in [2.05, 4.69) is 0 Å². The van der Waals surface area contributed by atoms with Crippen molar-refractivity contribution in [1.82, 2.24) is 0 Å². The number of piperidine rings is 1. The van der Waals surface area contributed by atoms with Gasteiger partial charge in [-0.3, -0.25) is 14.9 Å². The molecule has 1 aliphatic heterocycles. The molecule has 0 N–H and O–H groups in total. The summed E-state index contributed by atoms with van der Waals surface area (Å²) in [6.45, 7) is 0.938. The molecule has 0 bridgehead atoms. The van der Waals surface area contributed by atoms with Gasteiger partial charge in [0.25, 0.3) is 5.69 Å². The molecule has 1 fully saturated rings. The molecular formula is C22H24N2O7. The van der Waals surface area contributed by atoms with Crippen LogP contribution in [0.15, 0.2) is 36.4 Å². The van der Waals surface area contributed by atoms with Crippen LogP contribution < -0.4 is 14.4 Å². The van der Waals surface area contributed by atoms with Crippen molar-refractivity contribution in [2.24, 2.45) is 0 Å². The molecule has 3 rings (SSSR count). The van der Waals surface area contributed by atoms with Crippen LogP contribution in [0, 0.1) is 10.1 Å². The zero-order valence-electron chi connectivity index (χ0n) is 17.5. The van der Waals surface area contributed by atoms with Gasteiger partial charge in [-0.15, -0.1) is 0 Å². The highest BCUT2D eigenvalue weighted by molar-refractivity contribution is 6.02. The van der Waals surface area contributed by atoms with Gasteiger partial charge in [0.15, 0.2) is 6.61 Å². The lowest BCUT2D eigenvalue weighted by Crippen LogP contribution is -2.30. The number of benzene rings is 2. The topological polar surface area (TPSA) is 108 Å². The van der Waals surface area contributed by atoms with Crippen molar-refractivity contribution in [2.45, 2.75) is 19.3 Å². The number of carbonyl (C=O) groups is 2. The second-order valence-electron chi connectivity index (χ2n) is 7.07. The van der Waals surface area contributed by atoms with E-state index in [1.165, 1.54) is 32.4 Å². The van der Waals surface area contributed by atoms with E-state index in [0.717, 1.165) is 32.4 Å². The fourth-order valence-corrected chi connectivity index (χ4v) is 3.52. The average Bonchev–Trinajstić information content (AvgIpc) is 2.81. The number of Topliss-reactive ketones (excluding diaryl/α,β-unsaturated/α-hetero) is 1. The van der Waals surface area contributed by atoms with Gasteiger partial charge in [0.1, 0.15) is 17.2 Å². The molecule has 164 valence electrons. The van der Waals surface area contributed by atoms with E-state index in [4.69, 9.17) is 14.2 Å². The third-order valence-corrected chi connectivity index (χ3v) is 5.15. The molecule has 9 heteroatoms. The van der Waals surface area contributed by atoms with Gasteiger partial charge in [-0.25, -0.2) is 4.79 Å². The first-order valence-corrected chi connectivity index (χ1v) is 9.90. The first kappa shape index (κ1) is 22.1. The van der Waals surface area contributed by atoms with Crippen LogP contribution in [0.25, 0.3) is 0 Å². The maximum Gasteiger partial charge on any atom is 0.338 e. The number of rotatable bonds is 8. The van der Waals surface area contributed by atoms with Gasteiger partial charge in [-0.2, -0.15) is 0 Å². The quantitative estimate of drug-likeness (QED) is 0.271. The molecule has 1 saturated heterocycles. The minimum Gasteiger partial charge on any atom is -0.497 e. The second kappa shape index (κ2) is 9.92. The van der Waals surface area contributed by atoms with Crippen LogP contribution in [0.4, 0.5) is 11.4 Å². The SMILES string of the molecule is COc1ccc(OC)c(C(=O)COC(=O)c2ccc(N3CCCCC3)c([N+](=O)[O-])c2)c1. The summed E-state index contributed by atoms with van der Waals surface area (Å²) >= 11 is 0. The molecular weight excluding hydrogens is 404 g/mol. The molecule has 1 heterocycles. The Labute approximate surface area is 179 Å². The zero-order chi connectivity index (χ0) is 22.4. The first-order chi connectivity index (χ1) is 14.9. The summed E-state index contributed by atoms with van der Waals surface area (Å²) in [4.78, 5) is 38.0. The maximum atomic E-state index is 12.5. The molecule has 31 heavy (non-hydrogen) atoms. The lowest BCUT2D eigenvalue weighted by Gasteiger charge is -2.28. The second-order valence-corrected chi connectivity index (χ2v) is 7.07. The summed E-state index contributed by atoms with van der Waals surface area (Å²) in [6.07, 6.45) is 3.04. The molecule has 0 unspecified atom stereocenters. The monoisotopic (exact) mass is 428 g/mol. The van der Waals surface area contributed by atoms with E-state index in [0.29, 0.717) is 17.2 Å². The standard InChI is InChI=1S/C22H24N2O7/c1-29-16-7-9-21(30-2)17(13-16)20(25)14-31-22(26)15-6-8-18(19(12-15)24(27)28)23-10-4-3-5-11-23/h6-9,12-13H,3-5,10-11,14H2,1-2H3. The molecule has 0 amide bonds. The third kappa shape index (κ3) is 5.11. The Morgan fingerprint density at radius 1 is 1.03 bits per heavy atom. The number of nitro benzene ring substituents is 1. The molecule has 0 radical (unpaired) electrons. The number of ether oxygens (including phenoxy) is 3. The smallest absolute Gasteiger partial charge is 0.338 e. The van der Waals surface area contributed by atoms with Gasteiger partial charge in [0.05, 0.1) is 30.3 Å². The molecule has 0 atom stereocenters. The number of nitro groups is 1. The van der Waals surface area contributed by atoms with Crippen LogP contribution >= 0.6 is 0 Å². The lowest BCUT2D eigenvalue weighted by atomic mass is 10.1. The Morgan fingerprint density at radius 2 is 1.77 bits per heavy atom. The van der Waals surface area contributed by atoms with Crippen molar-refractivity contribution in [3.63, 3.8) is 0 Å². The van der Waals surface area contributed by atoms with Crippen molar-refractivity contribution in [3.05, 3.63) is 57.6 Å². The van der Waals surface area contributed by atoms with E-state index in [9.17, 15) is 19.7 Å². The summed E-state index contributed by atoms with van der Waals surface area (Å²) < 4.78 is 15.4. The van der Waals surface area contributed by atoms with Crippen LogP contribution in [-0.2, 0) is 4.74 Å². The van der Waals surface area contributed by atoms with Gasteiger partial charge in [0, 0.05) is 19.2 Å². The van der Waals surface area contributed by atoms with Gasteiger partial charge in [-0.1, -0.05) is 0 Å². The van der Waals surface area contributed by atoms with Crippen LogP contribution in [0.5, 0.6) is 11.5 Å². The number of methoxy groups -OCH3 is 2. The predicted octanol–water partition coefficient (Wildman–Crippen LogP) is 3.64. The van der Waals surface area contributed by atoms with Crippen LogP contribution in [0.3, 0.4) is 0 Å². The molecule has 0 aliphatic carbocycles. The number of carbonyl (C=O) groups excluding carboxylic acids is 2. The average molecular weight is 428 g/mol. The summed E-state index contributed by atoms with van der Waals surface area (Å²) in [6, 6.07) is 8.96. The molecule has 2 aromatic carbocycles. The van der Waals surface area contributed by atoms with Crippen LogP contribution in [-0.4, -0.2) is 50.6 Å². The molecule has 1 aliphatic rings. The van der Waals surface area contributed by atoms with Crippen molar-refractivity contribution in [3.8, 4) is 11.5 Å². The number of hydrogen-bond acceptors (Lipinski definition) is 8. The van der Waals surface area contributed by atoms with Gasteiger partial charge >= 0.3 is 5.97 Å². The highest BCUT2D eigenvalue weighted by Gasteiger charge is 2.24. The fraction of sp³-hybridized carbons (Fsp3) is 0.364. The van der Waals surface area contributed by atoms with E-state index in [1.54, 1.807) is 18.2 Å². The van der Waals surface area contributed by atoms with E-state index in [1.807, 2.05) is 4.90 Å². The third-order valence-electron chi connectivity index (χ3n) is 5.15. The molecule has 0 saturated carbocycles. The van der Waals surface area contributed by atoms with Crippen molar-refractivity contribution >= 4 is 23.1 Å². The minimum atomic E-state index is -0.816. The summed E-state index contributed by atoms with van der Waals surface area (Å²) in [5.74, 6) is -0.519. The first-order valence-electron chi connectivity index (χ1n) is 9.90. The number of anilines is 1. The lowest BCUT2D eigenvalue weighted by molar-refractivity contribution is -0.384. The summed E-state index contributed by atoms with van der Waals surface area (Å²) in [7, 11) is 2.89. The molecule has 2 aromatic rings. The van der Waals surface area contributed by atoms with Crippen molar-refractivity contribution < 1.29 is 28.7 Å². The highest BCUT2D eigenvalue weighted by atomic mass is 16.6. The normalized spacial score (nSPS) is 13.4. The zero-order valence-corrected chi connectivity index (χ0v) is 17.5. The van der Waals surface area contributed by atoms with Crippen molar-refractivity contribution in [1.29, 1.82) is 0 Å². The predicted molar refractivity (Wildman–Crippen MR) is 113 cm³/mol. The maximum absolute atomic E-state index is 12.5. The Balaban J connectivity index is 1.74. The Hall–Kier alpha value is -3.62.